The Bertz CT molecular complexity index is 1380. The number of nitrogens with zero attached hydrogens (tertiary/aromatic N) is 3. The van der Waals surface area contributed by atoms with Gasteiger partial charge in [0.1, 0.15) is 5.82 Å². The summed E-state index contributed by atoms with van der Waals surface area (Å²) in [5, 5.41) is 3.85. The molecule has 0 aliphatic heterocycles. The molecular weight excluding hydrogens is 471 g/mol. The Hall–Kier alpha value is -3.45. The molecule has 1 N–H and O–H groups in total. The second-order valence-electron chi connectivity index (χ2n) is 9.04. The molecule has 184 valence electrons. The van der Waals surface area contributed by atoms with E-state index in [-0.39, 0.29) is 11.7 Å². The van der Waals surface area contributed by atoms with Gasteiger partial charge in [-0.2, -0.15) is 0 Å². The van der Waals surface area contributed by atoms with Crippen molar-refractivity contribution in [3.8, 4) is 0 Å². The molecule has 2 aromatic carbocycles. The van der Waals surface area contributed by atoms with Crippen LogP contribution in [0.5, 0.6) is 0 Å². The molecule has 0 radical (unpaired) electrons. The van der Waals surface area contributed by atoms with Crippen molar-refractivity contribution >= 4 is 28.7 Å². The predicted molar refractivity (Wildman–Crippen MR) is 143 cm³/mol. The zero-order valence-electron chi connectivity index (χ0n) is 20.1. The average Bonchev–Trinajstić information content (AvgIpc) is 3.26. The Morgan fingerprint density at radius 3 is 2.75 bits per heavy atom. The van der Waals surface area contributed by atoms with Gasteiger partial charge in [-0.05, 0) is 67.5 Å². The molecule has 0 fully saturated rings. The number of hydrogen-bond donors (Lipinski definition) is 1. The Morgan fingerprint density at radius 2 is 1.94 bits per heavy atom. The predicted octanol–water partition coefficient (Wildman–Crippen LogP) is 6.53. The number of hydrogen-bond acceptors (Lipinski definition) is 4. The van der Waals surface area contributed by atoms with Gasteiger partial charge in [0.25, 0.3) is 5.91 Å². The lowest BCUT2D eigenvalue weighted by molar-refractivity contribution is 0.0954. The lowest BCUT2D eigenvalue weighted by atomic mass is 9.97. The highest BCUT2D eigenvalue weighted by Gasteiger charge is 2.14. The number of imidazole rings is 1. The van der Waals surface area contributed by atoms with Crippen LogP contribution in [0.15, 0.2) is 83.8 Å². The van der Waals surface area contributed by atoms with Crippen molar-refractivity contribution < 1.29 is 9.18 Å². The Balaban J connectivity index is 1.26. The van der Waals surface area contributed by atoms with Gasteiger partial charge in [-0.1, -0.05) is 53.7 Å². The molecule has 0 bridgehead atoms. The molecule has 1 amide bonds. The Kier molecular flexibility index (Phi) is 7.76. The van der Waals surface area contributed by atoms with E-state index in [0.717, 1.165) is 41.0 Å². The molecule has 36 heavy (non-hydrogen) atoms. The normalized spacial score (nSPS) is 13.5. The third-order valence-corrected chi connectivity index (χ3v) is 7.53. The number of benzene rings is 2. The standard InChI is InChI=1S/C29H29FN4OS/c30-25-9-5-4-8-24(25)20-36-29-33-26-15-16-31-18-27(26)34(29)19-22-10-12-23(13-11-22)28(35)32-17-14-21-6-2-1-3-7-21/h4-6,8-13,15-16,18H,1-3,7,14,17,19-20H2,(H,32,35). The van der Waals surface area contributed by atoms with Crippen molar-refractivity contribution in [3.63, 3.8) is 0 Å². The van der Waals surface area contributed by atoms with Gasteiger partial charge in [0.05, 0.1) is 23.8 Å². The van der Waals surface area contributed by atoms with Crippen molar-refractivity contribution in [1.29, 1.82) is 0 Å². The van der Waals surface area contributed by atoms with Crippen molar-refractivity contribution in [2.45, 2.75) is 49.6 Å². The molecule has 5 nitrogen and oxygen atoms in total. The van der Waals surface area contributed by atoms with Gasteiger partial charge in [0.2, 0.25) is 0 Å². The molecule has 2 heterocycles. The maximum Gasteiger partial charge on any atom is 0.251 e. The number of halogens is 1. The zero-order chi connectivity index (χ0) is 24.7. The van der Waals surface area contributed by atoms with Crippen LogP contribution in [0.4, 0.5) is 4.39 Å². The number of fused-ring (bicyclic) bond motifs is 1. The summed E-state index contributed by atoms with van der Waals surface area (Å²) in [6.45, 7) is 1.25. The van der Waals surface area contributed by atoms with Crippen LogP contribution in [-0.4, -0.2) is 27.0 Å². The molecule has 0 unspecified atom stereocenters. The number of aromatic nitrogens is 3. The van der Waals surface area contributed by atoms with Gasteiger partial charge < -0.3 is 9.88 Å². The smallest absolute Gasteiger partial charge is 0.251 e. The number of carbonyl (C=O) groups excluding carboxylic acids is 1. The van der Waals surface area contributed by atoms with Crippen LogP contribution in [0.25, 0.3) is 11.0 Å². The van der Waals surface area contributed by atoms with E-state index in [1.165, 1.54) is 36.2 Å². The second-order valence-corrected chi connectivity index (χ2v) is 9.98. The van der Waals surface area contributed by atoms with E-state index in [4.69, 9.17) is 4.98 Å². The van der Waals surface area contributed by atoms with Gasteiger partial charge >= 0.3 is 0 Å². The summed E-state index contributed by atoms with van der Waals surface area (Å²) in [4.78, 5) is 21.6. The van der Waals surface area contributed by atoms with Gasteiger partial charge in [-0.25, -0.2) is 9.37 Å². The lowest BCUT2D eigenvalue weighted by Crippen LogP contribution is -2.24. The lowest BCUT2D eigenvalue weighted by Gasteiger charge is -2.13. The average molecular weight is 501 g/mol. The summed E-state index contributed by atoms with van der Waals surface area (Å²) in [5.74, 6) is 0.231. The summed E-state index contributed by atoms with van der Waals surface area (Å²) in [5.41, 5.74) is 5.59. The van der Waals surface area contributed by atoms with E-state index in [2.05, 4.69) is 20.9 Å². The first-order chi connectivity index (χ1) is 17.7. The van der Waals surface area contributed by atoms with Crippen LogP contribution in [0, 0.1) is 5.82 Å². The van der Waals surface area contributed by atoms with E-state index in [0.29, 0.717) is 30.0 Å². The molecule has 0 spiro atoms. The maximum absolute atomic E-state index is 14.1. The monoisotopic (exact) mass is 500 g/mol. The summed E-state index contributed by atoms with van der Waals surface area (Å²) in [6.07, 6.45) is 11.6. The maximum atomic E-state index is 14.1. The van der Waals surface area contributed by atoms with E-state index in [1.54, 1.807) is 24.5 Å². The van der Waals surface area contributed by atoms with Crippen LogP contribution in [0.1, 0.15) is 53.6 Å². The molecule has 2 aromatic heterocycles. The minimum Gasteiger partial charge on any atom is -0.352 e. The van der Waals surface area contributed by atoms with Gasteiger partial charge in [0, 0.05) is 24.1 Å². The quantitative estimate of drug-likeness (QED) is 0.210. The summed E-state index contributed by atoms with van der Waals surface area (Å²) >= 11 is 1.50. The third-order valence-electron chi connectivity index (χ3n) is 6.50. The van der Waals surface area contributed by atoms with Crippen molar-refractivity contribution in [3.05, 3.63) is 101 Å². The molecule has 0 saturated carbocycles. The molecule has 0 saturated heterocycles. The zero-order valence-corrected chi connectivity index (χ0v) is 20.9. The van der Waals surface area contributed by atoms with E-state index in [1.807, 2.05) is 36.4 Å². The number of carbonyl (C=O) groups is 1. The summed E-state index contributed by atoms with van der Waals surface area (Å²) < 4.78 is 16.2. The van der Waals surface area contributed by atoms with Crippen LogP contribution in [0.2, 0.25) is 0 Å². The van der Waals surface area contributed by atoms with Crippen LogP contribution < -0.4 is 5.32 Å². The second kappa shape index (κ2) is 11.5. The molecule has 1 aliphatic carbocycles. The minimum absolute atomic E-state index is 0.0450. The first kappa shape index (κ1) is 24.3. The first-order valence-corrected chi connectivity index (χ1v) is 13.4. The molecular formula is C29H29FN4OS. The number of rotatable bonds is 9. The van der Waals surface area contributed by atoms with Crippen LogP contribution in [-0.2, 0) is 12.3 Å². The fourth-order valence-electron chi connectivity index (χ4n) is 4.48. The highest BCUT2D eigenvalue weighted by molar-refractivity contribution is 7.98. The fraction of sp³-hybridized carbons (Fsp3) is 0.276. The van der Waals surface area contributed by atoms with Crippen molar-refractivity contribution in [2.75, 3.05) is 6.54 Å². The van der Waals surface area contributed by atoms with E-state index >= 15 is 0 Å². The van der Waals surface area contributed by atoms with E-state index < -0.39 is 0 Å². The van der Waals surface area contributed by atoms with Gasteiger partial charge in [-0.15, -0.1) is 0 Å². The van der Waals surface area contributed by atoms with Crippen molar-refractivity contribution in [2.24, 2.45) is 0 Å². The number of nitrogens with one attached hydrogen (secondary N) is 1. The molecule has 4 aromatic rings. The van der Waals surface area contributed by atoms with Gasteiger partial charge in [0.15, 0.2) is 5.16 Å². The Labute approximate surface area is 214 Å². The van der Waals surface area contributed by atoms with E-state index in [9.17, 15) is 9.18 Å². The topological polar surface area (TPSA) is 59.8 Å². The largest absolute Gasteiger partial charge is 0.352 e. The van der Waals surface area contributed by atoms with Crippen molar-refractivity contribution in [1.82, 2.24) is 19.9 Å². The van der Waals surface area contributed by atoms with Gasteiger partial charge in [-0.3, -0.25) is 9.78 Å². The summed E-state index contributed by atoms with van der Waals surface area (Å²) in [6, 6.07) is 16.4. The molecule has 1 aliphatic rings. The molecule has 7 heteroatoms. The summed E-state index contributed by atoms with van der Waals surface area (Å²) in [7, 11) is 0. The number of thioether (sulfide) groups is 1. The highest BCUT2D eigenvalue weighted by atomic mass is 32.2. The van der Waals surface area contributed by atoms with Crippen LogP contribution >= 0.6 is 11.8 Å². The highest BCUT2D eigenvalue weighted by Crippen LogP contribution is 2.28. The molecule has 5 rings (SSSR count). The molecule has 0 atom stereocenters. The number of allylic oxidation sites excluding steroid dienone is 1. The number of amides is 1. The third kappa shape index (κ3) is 5.85. The van der Waals surface area contributed by atoms with Crippen LogP contribution in [0.3, 0.4) is 0 Å². The Morgan fingerprint density at radius 1 is 1.08 bits per heavy atom. The SMILES string of the molecule is O=C(NCCC1=CCCCC1)c1ccc(Cn2c(SCc3ccccc3F)nc3ccncc32)cc1. The first-order valence-electron chi connectivity index (χ1n) is 12.4. The fourth-order valence-corrected chi connectivity index (χ4v) is 5.48. The number of pyridine rings is 1. The minimum atomic E-state index is -0.210.